The maximum atomic E-state index is 13.2. The summed E-state index contributed by atoms with van der Waals surface area (Å²) in [5.74, 6) is -2.84. The zero-order valence-electron chi connectivity index (χ0n) is 12.1. The van der Waals surface area contributed by atoms with Gasteiger partial charge >= 0.3 is 12.1 Å². The number of carbonyl (C=O) groups is 1. The molecule has 2 aromatic rings. The van der Waals surface area contributed by atoms with Crippen LogP contribution in [0.2, 0.25) is 0 Å². The largest absolute Gasteiger partial charge is 0.506 e. The molecule has 0 aliphatic carbocycles. The predicted octanol–water partition coefficient (Wildman–Crippen LogP) is 3.78. The number of methoxy groups -OCH3 is 1. The number of hydrogen-bond donors (Lipinski definition) is 1. The molecular formula is C16H13F3O4. The second-order valence-electron chi connectivity index (χ2n) is 4.60. The van der Waals surface area contributed by atoms with Crippen molar-refractivity contribution in [3.05, 3.63) is 59.2 Å². The fourth-order valence-electron chi connectivity index (χ4n) is 1.98. The van der Waals surface area contributed by atoms with E-state index in [9.17, 15) is 23.1 Å². The number of ether oxygens (including phenoxy) is 2. The molecule has 0 aliphatic rings. The van der Waals surface area contributed by atoms with Crippen LogP contribution in [0, 0.1) is 0 Å². The standard InChI is InChI=1S/C16H13F3O4/c1-22-15(21)11-7-8-12(13(14(11)20)16(17,18)19)23-9-10-5-3-2-4-6-10/h2-8,20H,9H2,1H3. The van der Waals surface area contributed by atoms with Crippen molar-refractivity contribution in [3.63, 3.8) is 0 Å². The molecule has 122 valence electrons. The highest BCUT2D eigenvalue weighted by Gasteiger charge is 2.39. The Hall–Kier alpha value is -2.70. The SMILES string of the molecule is COC(=O)c1ccc(OCc2ccccc2)c(C(F)(F)F)c1O. The lowest BCUT2D eigenvalue weighted by atomic mass is 10.1. The van der Waals surface area contributed by atoms with Gasteiger partial charge in [-0.2, -0.15) is 13.2 Å². The quantitative estimate of drug-likeness (QED) is 0.869. The number of carbonyl (C=O) groups excluding carboxylic acids is 1. The molecule has 4 nitrogen and oxygen atoms in total. The number of aromatic hydroxyl groups is 1. The molecule has 1 N–H and O–H groups in total. The molecule has 0 saturated heterocycles. The van der Waals surface area contributed by atoms with Crippen LogP contribution in [0.3, 0.4) is 0 Å². The van der Waals surface area contributed by atoms with Crippen LogP contribution in [-0.4, -0.2) is 18.2 Å². The highest BCUT2D eigenvalue weighted by molar-refractivity contribution is 5.93. The molecule has 0 amide bonds. The lowest BCUT2D eigenvalue weighted by Gasteiger charge is -2.17. The van der Waals surface area contributed by atoms with Crippen LogP contribution in [0.25, 0.3) is 0 Å². The predicted molar refractivity (Wildman–Crippen MR) is 75.2 cm³/mol. The molecule has 0 fully saturated rings. The third kappa shape index (κ3) is 3.74. The number of hydrogen-bond acceptors (Lipinski definition) is 4. The monoisotopic (exact) mass is 326 g/mol. The summed E-state index contributed by atoms with van der Waals surface area (Å²) in [6.45, 7) is -0.110. The number of benzene rings is 2. The van der Waals surface area contributed by atoms with E-state index >= 15 is 0 Å². The molecule has 7 heteroatoms. The smallest absolute Gasteiger partial charge is 0.423 e. The van der Waals surface area contributed by atoms with E-state index in [1.165, 1.54) is 0 Å². The summed E-state index contributed by atoms with van der Waals surface area (Å²) in [5.41, 5.74) is -1.32. The van der Waals surface area contributed by atoms with E-state index < -0.39 is 34.8 Å². The maximum Gasteiger partial charge on any atom is 0.423 e. The zero-order chi connectivity index (χ0) is 17.0. The van der Waals surface area contributed by atoms with Crippen molar-refractivity contribution < 1.29 is 32.5 Å². The Morgan fingerprint density at radius 2 is 1.78 bits per heavy atom. The van der Waals surface area contributed by atoms with Crippen LogP contribution in [0.5, 0.6) is 11.5 Å². The first-order valence-electron chi connectivity index (χ1n) is 6.52. The van der Waals surface area contributed by atoms with Crippen LogP contribution in [0.4, 0.5) is 13.2 Å². The minimum absolute atomic E-state index is 0.110. The van der Waals surface area contributed by atoms with Gasteiger partial charge in [0.15, 0.2) is 0 Å². The lowest BCUT2D eigenvalue weighted by molar-refractivity contribution is -0.140. The van der Waals surface area contributed by atoms with Gasteiger partial charge in [0.25, 0.3) is 0 Å². The van der Waals surface area contributed by atoms with Crippen molar-refractivity contribution >= 4 is 5.97 Å². The Bertz CT molecular complexity index is 696. The molecule has 0 unspecified atom stereocenters. The van der Waals surface area contributed by atoms with Crippen LogP contribution in [-0.2, 0) is 17.5 Å². The average molecular weight is 326 g/mol. The van der Waals surface area contributed by atoms with E-state index in [1.807, 2.05) is 0 Å². The summed E-state index contributed by atoms with van der Waals surface area (Å²) in [4.78, 5) is 11.4. The first kappa shape index (κ1) is 16.7. The van der Waals surface area contributed by atoms with E-state index in [0.29, 0.717) is 5.56 Å². The normalized spacial score (nSPS) is 11.1. The van der Waals surface area contributed by atoms with Gasteiger partial charge < -0.3 is 14.6 Å². The van der Waals surface area contributed by atoms with Gasteiger partial charge in [0, 0.05) is 0 Å². The van der Waals surface area contributed by atoms with Gasteiger partial charge in [0.2, 0.25) is 0 Å². The number of esters is 1. The fraction of sp³-hybridized carbons (Fsp3) is 0.188. The van der Waals surface area contributed by atoms with Gasteiger partial charge in [-0.1, -0.05) is 30.3 Å². The molecule has 23 heavy (non-hydrogen) atoms. The van der Waals surface area contributed by atoms with E-state index in [4.69, 9.17) is 4.74 Å². The van der Waals surface area contributed by atoms with Crippen LogP contribution < -0.4 is 4.74 Å². The summed E-state index contributed by atoms with van der Waals surface area (Å²) >= 11 is 0. The summed E-state index contributed by atoms with van der Waals surface area (Å²) in [7, 11) is 1.01. The van der Waals surface area contributed by atoms with Gasteiger partial charge in [-0.15, -0.1) is 0 Å². The van der Waals surface area contributed by atoms with Gasteiger partial charge in [0.05, 0.1) is 7.11 Å². The summed E-state index contributed by atoms with van der Waals surface area (Å²) < 4.78 is 49.1. The van der Waals surface area contributed by atoms with E-state index in [-0.39, 0.29) is 6.61 Å². The second-order valence-corrected chi connectivity index (χ2v) is 4.60. The van der Waals surface area contributed by atoms with Gasteiger partial charge in [-0.05, 0) is 17.7 Å². The third-order valence-corrected chi connectivity index (χ3v) is 3.07. The van der Waals surface area contributed by atoms with Gasteiger partial charge in [0.1, 0.15) is 29.2 Å². The van der Waals surface area contributed by atoms with Gasteiger partial charge in [-0.3, -0.25) is 0 Å². The molecule has 0 radical (unpaired) electrons. The van der Waals surface area contributed by atoms with Crippen LogP contribution in [0.15, 0.2) is 42.5 Å². The molecule has 0 aliphatic heterocycles. The molecule has 0 bridgehead atoms. The topological polar surface area (TPSA) is 55.8 Å². The maximum absolute atomic E-state index is 13.2. The van der Waals surface area contributed by atoms with Crippen molar-refractivity contribution in [2.24, 2.45) is 0 Å². The Morgan fingerprint density at radius 3 is 2.35 bits per heavy atom. The third-order valence-electron chi connectivity index (χ3n) is 3.07. The summed E-state index contributed by atoms with van der Waals surface area (Å²) in [6.07, 6.45) is -4.89. The molecule has 0 aromatic heterocycles. The highest BCUT2D eigenvalue weighted by Crippen LogP contribution is 2.44. The number of phenolic OH excluding ortho intramolecular Hbond substituents is 1. The van der Waals surface area contributed by atoms with Crippen molar-refractivity contribution in [1.29, 1.82) is 0 Å². The minimum Gasteiger partial charge on any atom is -0.506 e. The summed E-state index contributed by atoms with van der Waals surface area (Å²) in [6, 6.07) is 10.6. The molecule has 2 rings (SSSR count). The van der Waals surface area contributed by atoms with Crippen molar-refractivity contribution in [2.45, 2.75) is 12.8 Å². The minimum atomic E-state index is -4.89. The van der Waals surface area contributed by atoms with Crippen LogP contribution >= 0.6 is 0 Å². The summed E-state index contributed by atoms with van der Waals surface area (Å²) in [5, 5.41) is 9.80. The number of halogens is 3. The molecule has 0 heterocycles. The van der Waals surface area contributed by atoms with Crippen molar-refractivity contribution in [2.75, 3.05) is 7.11 Å². The van der Waals surface area contributed by atoms with Crippen LogP contribution in [0.1, 0.15) is 21.5 Å². The Balaban J connectivity index is 2.39. The second kappa shape index (κ2) is 6.60. The highest BCUT2D eigenvalue weighted by atomic mass is 19.4. The van der Waals surface area contributed by atoms with Crippen molar-refractivity contribution in [1.82, 2.24) is 0 Å². The fourth-order valence-corrected chi connectivity index (χ4v) is 1.98. The Morgan fingerprint density at radius 1 is 1.13 bits per heavy atom. The van der Waals surface area contributed by atoms with Crippen molar-refractivity contribution in [3.8, 4) is 11.5 Å². The molecular weight excluding hydrogens is 313 g/mol. The number of rotatable bonds is 4. The zero-order valence-corrected chi connectivity index (χ0v) is 12.1. The molecule has 0 spiro atoms. The Kier molecular flexibility index (Phi) is 4.78. The molecule has 0 atom stereocenters. The van der Waals surface area contributed by atoms with E-state index in [2.05, 4.69) is 4.74 Å². The van der Waals surface area contributed by atoms with E-state index in [0.717, 1.165) is 19.2 Å². The van der Waals surface area contributed by atoms with E-state index in [1.54, 1.807) is 30.3 Å². The first-order valence-corrected chi connectivity index (χ1v) is 6.52. The van der Waals surface area contributed by atoms with Gasteiger partial charge in [-0.25, -0.2) is 4.79 Å². The molecule has 0 saturated carbocycles. The number of phenols is 1. The first-order chi connectivity index (χ1) is 10.8. The Labute approximate surface area is 130 Å². The lowest BCUT2D eigenvalue weighted by Crippen LogP contribution is -2.12. The number of alkyl halides is 3. The molecule has 2 aromatic carbocycles. The average Bonchev–Trinajstić information content (AvgIpc) is 2.52.